The van der Waals surface area contributed by atoms with Crippen molar-refractivity contribution in [1.82, 2.24) is 9.88 Å². The lowest BCUT2D eigenvalue weighted by Crippen LogP contribution is -2.54. The third kappa shape index (κ3) is 4.17. The highest BCUT2D eigenvalue weighted by Gasteiger charge is 2.35. The second kappa shape index (κ2) is 8.96. The molecule has 1 aliphatic heterocycles. The molecule has 10 heteroatoms. The predicted molar refractivity (Wildman–Crippen MR) is 133 cm³/mol. The van der Waals surface area contributed by atoms with Crippen LogP contribution in [0.5, 0.6) is 0 Å². The van der Waals surface area contributed by atoms with Gasteiger partial charge >= 0.3 is 5.97 Å². The lowest BCUT2D eigenvalue weighted by atomic mass is 10.1. The topological polar surface area (TPSA) is 91.6 Å². The summed E-state index contributed by atoms with van der Waals surface area (Å²) in [5, 5.41) is 11.6. The molecule has 1 aromatic heterocycles. The molecule has 2 N–H and O–H groups in total. The van der Waals surface area contributed by atoms with E-state index in [1.165, 1.54) is 36.4 Å². The van der Waals surface area contributed by atoms with Gasteiger partial charge in [0.25, 0.3) is 11.8 Å². The Hall–Kier alpha value is -3.63. The minimum atomic E-state index is -1.16. The maximum atomic E-state index is 14.6. The Morgan fingerprint density at radius 3 is 2.56 bits per heavy atom. The molecule has 172 valence electrons. The highest BCUT2D eigenvalue weighted by atomic mass is 79.9. The highest BCUT2D eigenvalue weighted by Crippen LogP contribution is 2.28. The number of carboxylic acid groups (broad SMARTS) is 1. The van der Waals surface area contributed by atoms with E-state index < -0.39 is 23.6 Å². The van der Waals surface area contributed by atoms with Crippen LogP contribution in [0.3, 0.4) is 0 Å². The molecule has 1 fully saturated rings. The average molecular weight is 542 g/mol. The highest BCUT2D eigenvalue weighted by molar-refractivity contribution is 9.10. The molecular weight excluding hydrogens is 525 g/mol. The van der Waals surface area contributed by atoms with Gasteiger partial charge < -0.3 is 9.67 Å². The van der Waals surface area contributed by atoms with E-state index in [-0.39, 0.29) is 21.9 Å². The first-order valence-electron chi connectivity index (χ1n) is 9.97. The third-order valence-electron chi connectivity index (χ3n) is 5.37. The summed E-state index contributed by atoms with van der Waals surface area (Å²) < 4.78 is 16.9. The quantitative estimate of drug-likeness (QED) is 0.287. The molecule has 1 saturated heterocycles. The zero-order valence-corrected chi connectivity index (χ0v) is 20.3. The van der Waals surface area contributed by atoms with Gasteiger partial charge in [-0.15, -0.1) is 0 Å². The number of carbonyl (C=O) groups is 3. The number of hydrogen-bond acceptors (Lipinski definition) is 4. The maximum Gasteiger partial charge on any atom is 0.335 e. The van der Waals surface area contributed by atoms with Crippen LogP contribution in [0.2, 0.25) is 0 Å². The predicted octanol–water partition coefficient (Wildman–Crippen LogP) is 4.53. The van der Waals surface area contributed by atoms with E-state index in [0.29, 0.717) is 27.1 Å². The molecule has 0 atom stereocenters. The second-order valence-electron chi connectivity index (χ2n) is 7.57. The summed E-state index contributed by atoms with van der Waals surface area (Å²) in [6.07, 6.45) is 1.42. The average Bonchev–Trinajstić information content (AvgIpc) is 3.04. The first-order chi connectivity index (χ1) is 16.1. The number of carboxylic acids is 1. The molecule has 0 spiro atoms. The molecular formula is C24H17BrFN3O4S. The number of nitrogens with one attached hydrogen (secondary N) is 1. The van der Waals surface area contributed by atoms with Gasteiger partial charge in [0.05, 0.1) is 16.9 Å². The fourth-order valence-electron chi connectivity index (χ4n) is 3.79. The number of thiocarbonyl (C=S) groups is 1. The van der Waals surface area contributed by atoms with Crippen LogP contribution in [0.15, 0.2) is 58.6 Å². The molecule has 2 heterocycles. The van der Waals surface area contributed by atoms with Gasteiger partial charge in [-0.05, 0) is 80.2 Å². The molecule has 0 radical (unpaired) electrons. The summed E-state index contributed by atoms with van der Waals surface area (Å²) in [5.74, 6) is -2.97. The number of halogens is 2. The van der Waals surface area contributed by atoms with Gasteiger partial charge in [0.15, 0.2) is 5.11 Å². The summed E-state index contributed by atoms with van der Waals surface area (Å²) >= 11 is 8.42. The monoisotopic (exact) mass is 541 g/mol. The first kappa shape index (κ1) is 23.5. The molecule has 0 saturated carbocycles. The lowest BCUT2D eigenvalue weighted by molar-refractivity contribution is -0.122. The fraction of sp³-hybridized carbons (Fsp3) is 0.0833. The number of hydrogen-bond donors (Lipinski definition) is 2. The van der Waals surface area contributed by atoms with E-state index >= 15 is 0 Å². The smallest absolute Gasteiger partial charge is 0.335 e. The molecule has 34 heavy (non-hydrogen) atoms. The number of benzene rings is 2. The van der Waals surface area contributed by atoms with Crippen LogP contribution < -0.4 is 10.2 Å². The third-order valence-corrected chi connectivity index (χ3v) is 6.15. The van der Waals surface area contributed by atoms with Crippen molar-refractivity contribution in [3.05, 3.63) is 86.9 Å². The van der Waals surface area contributed by atoms with E-state index in [1.54, 1.807) is 36.6 Å². The summed E-state index contributed by atoms with van der Waals surface area (Å²) in [7, 11) is 0. The Kier molecular flexibility index (Phi) is 6.20. The Morgan fingerprint density at radius 1 is 1.15 bits per heavy atom. The Bertz CT molecular complexity index is 1430. The van der Waals surface area contributed by atoms with Crippen molar-refractivity contribution in [2.75, 3.05) is 4.90 Å². The Morgan fingerprint density at radius 2 is 1.88 bits per heavy atom. The molecule has 2 aromatic carbocycles. The van der Waals surface area contributed by atoms with Crippen LogP contribution in [0.25, 0.3) is 11.8 Å². The number of aryl methyl sites for hydroxylation is 1. The maximum absolute atomic E-state index is 14.6. The largest absolute Gasteiger partial charge is 0.478 e. The molecule has 0 aliphatic carbocycles. The van der Waals surface area contributed by atoms with Crippen LogP contribution in [0, 0.1) is 19.7 Å². The van der Waals surface area contributed by atoms with Gasteiger partial charge in [0, 0.05) is 15.9 Å². The van der Waals surface area contributed by atoms with Crippen molar-refractivity contribution >= 4 is 62.8 Å². The Labute approximate surface area is 207 Å². The van der Waals surface area contributed by atoms with Crippen LogP contribution in [0.4, 0.5) is 10.1 Å². The van der Waals surface area contributed by atoms with E-state index in [0.717, 1.165) is 4.90 Å². The van der Waals surface area contributed by atoms with Gasteiger partial charge in [0.2, 0.25) is 0 Å². The van der Waals surface area contributed by atoms with Crippen molar-refractivity contribution in [2.24, 2.45) is 0 Å². The number of amides is 2. The fourth-order valence-corrected chi connectivity index (χ4v) is 4.41. The summed E-state index contributed by atoms with van der Waals surface area (Å²) in [4.78, 5) is 38.4. The van der Waals surface area contributed by atoms with Gasteiger partial charge in [0.1, 0.15) is 11.4 Å². The molecule has 0 unspecified atom stereocenters. The Balaban J connectivity index is 1.78. The van der Waals surface area contributed by atoms with E-state index in [9.17, 15) is 23.9 Å². The molecule has 4 rings (SSSR count). The van der Waals surface area contributed by atoms with Gasteiger partial charge in [-0.2, -0.15) is 0 Å². The number of aromatic nitrogens is 1. The van der Waals surface area contributed by atoms with E-state index in [1.807, 2.05) is 0 Å². The van der Waals surface area contributed by atoms with Gasteiger partial charge in [-0.1, -0.05) is 22.0 Å². The first-order valence-corrected chi connectivity index (χ1v) is 11.2. The molecule has 0 bridgehead atoms. The van der Waals surface area contributed by atoms with Crippen molar-refractivity contribution in [3.63, 3.8) is 0 Å². The zero-order valence-electron chi connectivity index (χ0n) is 17.9. The van der Waals surface area contributed by atoms with Crippen molar-refractivity contribution in [3.8, 4) is 5.69 Å². The molecule has 7 nitrogen and oxygen atoms in total. The number of aromatic carboxylic acids is 1. The number of rotatable bonds is 4. The minimum absolute atomic E-state index is 0.0319. The van der Waals surface area contributed by atoms with Crippen molar-refractivity contribution in [2.45, 2.75) is 13.8 Å². The lowest BCUT2D eigenvalue weighted by Gasteiger charge is -2.29. The van der Waals surface area contributed by atoms with E-state index in [2.05, 4.69) is 21.2 Å². The second-order valence-corrected chi connectivity index (χ2v) is 8.87. The standard InChI is InChI=1S/C24H17BrFN3O4S/c1-12-8-15(13(2)28(12)20-7-6-16(25)11-19(20)26)10-18-21(30)27-24(34)29(22(18)31)17-5-3-4-14(9-17)23(32)33/h3-11H,1-2H3,(H,32,33)(H,27,30,34). The van der Waals surface area contributed by atoms with Crippen LogP contribution >= 0.6 is 28.1 Å². The summed E-state index contributed by atoms with van der Waals surface area (Å²) in [5.41, 5.74) is 2.20. The normalized spacial score (nSPS) is 15.1. The summed E-state index contributed by atoms with van der Waals surface area (Å²) in [6.45, 7) is 3.54. The van der Waals surface area contributed by atoms with Crippen molar-refractivity contribution < 1.29 is 23.9 Å². The van der Waals surface area contributed by atoms with Gasteiger partial charge in [-0.3, -0.25) is 19.8 Å². The molecule has 3 aromatic rings. The molecule has 2 amide bonds. The number of anilines is 1. The minimum Gasteiger partial charge on any atom is -0.478 e. The zero-order chi connectivity index (χ0) is 24.7. The van der Waals surface area contributed by atoms with Crippen LogP contribution in [-0.4, -0.2) is 32.6 Å². The van der Waals surface area contributed by atoms with Crippen LogP contribution in [0.1, 0.15) is 27.3 Å². The van der Waals surface area contributed by atoms with Crippen LogP contribution in [-0.2, 0) is 9.59 Å². The van der Waals surface area contributed by atoms with Crippen molar-refractivity contribution in [1.29, 1.82) is 0 Å². The number of nitrogens with zero attached hydrogens (tertiary/aromatic N) is 2. The summed E-state index contributed by atoms with van der Waals surface area (Å²) in [6, 6.07) is 12.1. The molecule has 1 aliphatic rings. The van der Waals surface area contributed by atoms with Gasteiger partial charge in [-0.25, -0.2) is 9.18 Å². The SMILES string of the molecule is Cc1cc(C=C2C(=O)NC(=S)N(c3cccc(C(=O)O)c3)C2=O)c(C)n1-c1ccc(Br)cc1F. The number of carbonyl (C=O) groups excluding carboxylic acids is 2. The van der Waals surface area contributed by atoms with E-state index in [4.69, 9.17) is 12.2 Å².